The third kappa shape index (κ3) is 2.24. The molecule has 15 heavy (non-hydrogen) atoms. The summed E-state index contributed by atoms with van der Waals surface area (Å²) in [5, 5.41) is 12.2. The number of alkyl halides is 3. The van der Waals surface area contributed by atoms with Gasteiger partial charge in [0.15, 0.2) is 5.69 Å². The van der Waals surface area contributed by atoms with Crippen molar-refractivity contribution in [1.82, 2.24) is 9.78 Å². The van der Waals surface area contributed by atoms with Crippen LogP contribution in [0.25, 0.3) is 0 Å². The normalized spacial score (nSPS) is 14.3. The maximum absolute atomic E-state index is 12.5. The Labute approximate surface area is 88.4 Å². The van der Waals surface area contributed by atoms with Crippen LogP contribution in [-0.4, -0.2) is 21.4 Å². The van der Waals surface area contributed by atoms with Crippen molar-refractivity contribution in [2.45, 2.75) is 12.3 Å². The Kier molecular flexibility index (Phi) is 3.27. The van der Waals surface area contributed by atoms with E-state index >= 15 is 0 Å². The number of aliphatic hydroxyl groups excluding tert-OH is 1. The summed E-state index contributed by atoms with van der Waals surface area (Å²) in [7, 11) is 1.25. The summed E-state index contributed by atoms with van der Waals surface area (Å²) >= 11 is 5.58. The zero-order valence-corrected chi connectivity index (χ0v) is 8.47. The molecule has 3 N–H and O–H groups in total. The minimum absolute atomic E-state index is 0.264. The fourth-order valence-electron chi connectivity index (χ4n) is 1.14. The van der Waals surface area contributed by atoms with Gasteiger partial charge in [0.2, 0.25) is 0 Å². The van der Waals surface area contributed by atoms with E-state index in [1.54, 1.807) is 0 Å². The van der Waals surface area contributed by atoms with E-state index in [9.17, 15) is 18.3 Å². The molecule has 1 aromatic rings. The molecular weight excluding hydrogens is 235 g/mol. The average Bonchev–Trinajstić information content (AvgIpc) is 2.42. The van der Waals surface area contributed by atoms with E-state index < -0.39 is 23.5 Å². The number of hydrogen-bond donors (Lipinski definition) is 2. The Bertz CT molecular complexity index is 363. The molecule has 0 unspecified atom stereocenters. The van der Waals surface area contributed by atoms with Crippen molar-refractivity contribution >= 4 is 11.6 Å². The third-order valence-electron chi connectivity index (χ3n) is 1.84. The highest BCUT2D eigenvalue weighted by atomic mass is 35.5. The summed E-state index contributed by atoms with van der Waals surface area (Å²) in [5.41, 5.74) is 3.40. The Morgan fingerprint density at radius 3 is 2.53 bits per heavy atom. The van der Waals surface area contributed by atoms with Crippen LogP contribution in [0.5, 0.6) is 0 Å². The maximum Gasteiger partial charge on any atom is 0.435 e. The van der Waals surface area contributed by atoms with Gasteiger partial charge in [0.1, 0.15) is 5.15 Å². The largest absolute Gasteiger partial charge is 0.435 e. The van der Waals surface area contributed by atoms with E-state index in [0.717, 1.165) is 4.68 Å². The van der Waals surface area contributed by atoms with Gasteiger partial charge in [-0.3, -0.25) is 4.68 Å². The zero-order valence-electron chi connectivity index (χ0n) is 7.72. The lowest BCUT2D eigenvalue weighted by atomic mass is 10.1. The van der Waals surface area contributed by atoms with Crippen LogP contribution in [0.15, 0.2) is 0 Å². The lowest BCUT2D eigenvalue weighted by molar-refractivity contribution is -0.142. The summed E-state index contributed by atoms with van der Waals surface area (Å²) in [6, 6.07) is 0. The molecule has 1 rings (SSSR count). The van der Waals surface area contributed by atoms with Crippen molar-refractivity contribution in [2.75, 3.05) is 6.54 Å². The maximum atomic E-state index is 12.5. The molecule has 0 fully saturated rings. The van der Waals surface area contributed by atoms with Crippen LogP contribution < -0.4 is 5.73 Å². The topological polar surface area (TPSA) is 64.1 Å². The highest BCUT2D eigenvalue weighted by Crippen LogP contribution is 2.36. The summed E-state index contributed by atoms with van der Waals surface area (Å²) in [6.07, 6.45) is -6.13. The standard InChI is InChI=1S/C7H9ClF3N3O/c1-14-6(8)4(3(15)2-12)5(13-14)7(9,10)11/h3,15H,2,12H2,1H3/t3-/m1/s1. The van der Waals surface area contributed by atoms with Crippen LogP contribution in [0.2, 0.25) is 5.15 Å². The summed E-state index contributed by atoms with van der Waals surface area (Å²) in [4.78, 5) is 0. The molecule has 86 valence electrons. The monoisotopic (exact) mass is 243 g/mol. The zero-order chi connectivity index (χ0) is 11.8. The van der Waals surface area contributed by atoms with Gasteiger partial charge in [-0.2, -0.15) is 18.3 Å². The smallest absolute Gasteiger partial charge is 0.387 e. The van der Waals surface area contributed by atoms with Crippen LogP contribution >= 0.6 is 11.6 Å². The van der Waals surface area contributed by atoms with Gasteiger partial charge in [0.05, 0.1) is 11.7 Å². The minimum atomic E-state index is -4.66. The van der Waals surface area contributed by atoms with E-state index in [1.165, 1.54) is 7.05 Å². The van der Waals surface area contributed by atoms with Crippen molar-refractivity contribution in [3.63, 3.8) is 0 Å². The van der Waals surface area contributed by atoms with Crippen molar-refractivity contribution < 1.29 is 18.3 Å². The number of rotatable bonds is 2. The predicted molar refractivity (Wildman–Crippen MR) is 47.2 cm³/mol. The third-order valence-corrected chi connectivity index (χ3v) is 2.28. The van der Waals surface area contributed by atoms with Crippen molar-refractivity contribution in [3.8, 4) is 0 Å². The first-order chi connectivity index (χ1) is 6.79. The minimum Gasteiger partial charge on any atom is -0.387 e. The van der Waals surface area contributed by atoms with Crippen LogP contribution in [0, 0.1) is 0 Å². The van der Waals surface area contributed by atoms with E-state index in [1.807, 2.05) is 0 Å². The molecule has 0 spiro atoms. The molecule has 0 aromatic carbocycles. The second-order valence-corrected chi connectivity index (χ2v) is 3.28. The van der Waals surface area contributed by atoms with Crippen LogP contribution in [-0.2, 0) is 13.2 Å². The molecule has 1 atom stereocenters. The van der Waals surface area contributed by atoms with Gasteiger partial charge < -0.3 is 10.8 Å². The van der Waals surface area contributed by atoms with Crippen molar-refractivity contribution in [1.29, 1.82) is 0 Å². The molecule has 0 aliphatic carbocycles. The molecule has 0 saturated heterocycles. The molecule has 0 radical (unpaired) electrons. The number of aliphatic hydroxyl groups is 1. The average molecular weight is 244 g/mol. The lowest BCUT2D eigenvalue weighted by Crippen LogP contribution is -2.17. The van der Waals surface area contributed by atoms with Crippen molar-refractivity contribution in [2.24, 2.45) is 12.8 Å². The van der Waals surface area contributed by atoms with Crippen LogP contribution in [0.1, 0.15) is 17.4 Å². The Morgan fingerprint density at radius 1 is 1.60 bits per heavy atom. The van der Waals surface area contributed by atoms with E-state index in [0.29, 0.717) is 0 Å². The van der Waals surface area contributed by atoms with Gasteiger partial charge in [0.25, 0.3) is 0 Å². The Balaban J connectivity index is 3.34. The molecule has 1 aromatic heterocycles. The Hall–Kier alpha value is -0.790. The lowest BCUT2D eigenvalue weighted by Gasteiger charge is -2.10. The van der Waals surface area contributed by atoms with Gasteiger partial charge in [-0.25, -0.2) is 0 Å². The Morgan fingerprint density at radius 2 is 2.13 bits per heavy atom. The van der Waals surface area contributed by atoms with Gasteiger partial charge in [-0.05, 0) is 0 Å². The molecule has 1 heterocycles. The fourth-order valence-corrected chi connectivity index (χ4v) is 1.40. The second-order valence-electron chi connectivity index (χ2n) is 2.93. The molecular formula is C7H9ClF3N3O. The number of nitrogens with two attached hydrogens (primary N) is 1. The molecule has 4 nitrogen and oxygen atoms in total. The summed E-state index contributed by atoms with van der Waals surface area (Å²) in [6.45, 7) is -0.353. The molecule has 8 heteroatoms. The fraction of sp³-hybridized carbons (Fsp3) is 0.571. The number of aromatic nitrogens is 2. The number of hydrogen-bond acceptors (Lipinski definition) is 3. The SMILES string of the molecule is Cn1nc(C(F)(F)F)c([C@H](O)CN)c1Cl. The molecule has 0 aliphatic heterocycles. The molecule has 0 saturated carbocycles. The first-order valence-corrected chi connectivity index (χ1v) is 4.34. The predicted octanol–water partition coefficient (Wildman–Crippen LogP) is 1.08. The van der Waals surface area contributed by atoms with Crippen molar-refractivity contribution in [3.05, 3.63) is 16.4 Å². The highest BCUT2D eigenvalue weighted by Gasteiger charge is 2.40. The quantitative estimate of drug-likeness (QED) is 0.817. The first kappa shape index (κ1) is 12.3. The first-order valence-electron chi connectivity index (χ1n) is 3.96. The van der Waals surface area contributed by atoms with E-state index in [2.05, 4.69) is 5.10 Å². The second kappa shape index (κ2) is 3.99. The van der Waals surface area contributed by atoms with Gasteiger partial charge >= 0.3 is 6.18 Å². The van der Waals surface area contributed by atoms with Gasteiger partial charge in [0, 0.05) is 13.6 Å². The van der Waals surface area contributed by atoms with Gasteiger partial charge in [-0.1, -0.05) is 11.6 Å². The number of nitrogens with zero attached hydrogens (tertiary/aromatic N) is 2. The van der Waals surface area contributed by atoms with E-state index in [-0.39, 0.29) is 11.7 Å². The molecule has 0 aliphatic rings. The number of aryl methyl sites for hydroxylation is 1. The van der Waals surface area contributed by atoms with Crippen LogP contribution in [0.4, 0.5) is 13.2 Å². The summed E-state index contributed by atoms with van der Waals surface area (Å²) < 4.78 is 38.2. The van der Waals surface area contributed by atoms with E-state index in [4.69, 9.17) is 17.3 Å². The summed E-state index contributed by atoms with van der Waals surface area (Å²) in [5.74, 6) is 0. The highest BCUT2D eigenvalue weighted by molar-refractivity contribution is 6.30. The van der Waals surface area contributed by atoms with Crippen LogP contribution in [0.3, 0.4) is 0 Å². The molecule has 0 bridgehead atoms. The number of halogens is 4. The molecule has 0 amide bonds. The van der Waals surface area contributed by atoms with Gasteiger partial charge in [-0.15, -0.1) is 0 Å².